The lowest BCUT2D eigenvalue weighted by Gasteiger charge is -2.32. The van der Waals surface area contributed by atoms with E-state index in [1.165, 1.54) is 0 Å². The van der Waals surface area contributed by atoms with Crippen LogP contribution in [0, 0.1) is 0 Å². The molecule has 0 saturated carbocycles. The van der Waals surface area contributed by atoms with E-state index in [1.807, 2.05) is 27.7 Å². The van der Waals surface area contributed by atoms with Crippen LogP contribution in [0.15, 0.2) is 12.1 Å². The first kappa shape index (κ1) is 17.4. The highest BCUT2D eigenvalue weighted by Gasteiger charge is 2.52. The molecule has 0 radical (unpaired) electrons. The molecule has 0 aliphatic carbocycles. The molecule has 2 aromatic rings. The van der Waals surface area contributed by atoms with Crippen molar-refractivity contribution in [1.29, 1.82) is 0 Å². The van der Waals surface area contributed by atoms with E-state index in [9.17, 15) is 8.78 Å². The summed E-state index contributed by atoms with van der Waals surface area (Å²) in [6.45, 7) is 8.30. The number of nitrogens with zero attached hydrogens (tertiary/aromatic N) is 2. The largest absolute Gasteiger partial charge is 0.497 e. The predicted octanol–water partition coefficient (Wildman–Crippen LogP) is 3.14. The highest BCUT2D eigenvalue weighted by atomic mass is 35.5. The maximum Gasteiger partial charge on any atom is 0.497 e. The number of hydrogen-bond acceptors (Lipinski definition) is 4. The molecule has 2 N–H and O–H groups in total. The number of alkyl halides is 2. The minimum atomic E-state index is -3.25. The Hall–Kier alpha value is -1.38. The third-order valence-corrected chi connectivity index (χ3v) is 5.03. The number of rotatable bonds is 2. The van der Waals surface area contributed by atoms with E-state index >= 15 is 0 Å². The van der Waals surface area contributed by atoms with Gasteiger partial charge in [0.1, 0.15) is 0 Å². The van der Waals surface area contributed by atoms with Crippen LogP contribution >= 0.6 is 11.6 Å². The summed E-state index contributed by atoms with van der Waals surface area (Å²) >= 11 is 6.16. The third-order valence-electron chi connectivity index (χ3n) is 4.71. The molecule has 1 fully saturated rings. The van der Waals surface area contributed by atoms with Crippen LogP contribution in [0.5, 0.6) is 0 Å². The van der Waals surface area contributed by atoms with Gasteiger partial charge in [-0.1, -0.05) is 17.7 Å². The van der Waals surface area contributed by atoms with Gasteiger partial charge in [-0.3, -0.25) is 0 Å². The first-order chi connectivity index (χ1) is 10.8. The average Bonchev–Trinajstić information content (AvgIpc) is 2.86. The van der Waals surface area contributed by atoms with Gasteiger partial charge in [-0.2, -0.15) is 13.5 Å². The Kier molecular flexibility index (Phi) is 3.68. The van der Waals surface area contributed by atoms with E-state index in [-0.39, 0.29) is 21.7 Å². The smallest absolute Gasteiger partial charge is 0.399 e. The van der Waals surface area contributed by atoms with Crippen molar-refractivity contribution >= 4 is 40.9 Å². The molecule has 0 spiro atoms. The summed E-state index contributed by atoms with van der Waals surface area (Å²) in [6, 6.07) is -0.0600. The van der Waals surface area contributed by atoms with Gasteiger partial charge in [0.05, 0.1) is 27.1 Å². The van der Waals surface area contributed by atoms with Gasteiger partial charge in [0, 0.05) is 12.4 Å². The number of halogens is 3. The normalized spacial score (nSPS) is 20.1. The Bertz CT molecular complexity index is 801. The lowest BCUT2D eigenvalue weighted by Crippen LogP contribution is -2.41. The first-order valence-electron chi connectivity index (χ1n) is 7.56. The fraction of sp³-hybridized carbons (Fsp3) is 0.533. The molecule has 0 amide bonds. The minimum absolute atomic E-state index is 0.0603. The van der Waals surface area contributed by atoms with Gasteiger partial charge in [-0.25, -0.2) is 0 Å². The molecule has 5 nitrogen and oxygen atoms in total. The molecule has 24 heavy (non-hydrogen) atoms. The fourth-order valence-corrected chi connectivity index (χ4v) is 2.96. The SMILES string of the molecule is CC(F)(F)n1nc(N)c2c(Cl)ccc(B3OC(C)(C)C(C)(C)O3)c21. The van der Waals surface area contributed by atoms with Gasteiger partial charge in [-0.15, -0.1) is 5.10 Å². The van der Waals surface area contributed by atoms with Crippen LogP contribution in [0.4, 0.5) is 14.6 Å². The van der Waals surface area contributed by atoms with Crippen molar-refractivity contribution in [1.82, 2.24) is 9.78 Å². The van der Waals surface area contributed by atoms with Crippen molar-refractivity contribution in [2.75, 3.05) is 5.73 Å². The van der Waals surface area contributed by atoms with Gasteiger partial charge in [0.2, 0.25) is 0 Å². The summed E-state index contributed by atoms with van der Waals surface area (Å²) in [5.74, 6) is -0.0603. The molecular weight excluding hydrogens is 338 g/mol. The predicted molar refractivity (Wildman–Crippen MR) is 90.7 cm³/mol. The molecule has 130 valence electrons. The van der Waals surface area contributed by atoms with E-state index in [2.05, 4.69) is 5.10 Å². The van der Waals surface area contributed by atoms with Gasteiger partial charge in [0.25, 0.3) is 0 Å². The molecule has 2 heterocycles. The highest BCUT2D eigenvalue weighted by molar-refractivity contribution is 6.65. The Morgan fingerprint density at radius 1 is 1.21 bits per heavy atom. The van der Waals surface area contributed by atoms with Crippen molar-refractivity contribution in [2.45, 2.75) is 51.9 Å². The van der Waals surface area contributed by atoms with Gasteiger partial charge >= 0.3 is 13.2 Å². The first-order valence-corrected chi connectivity index (χ1v) is 7.93. The van der Waals surface area contributed by atoms with Crippen molar-refractivity contribution in [2.24, 2.45) is 0 Å². The number of hydrogen-bond donors (Lipinski definition) is 1. The van der Waals surface area contributed by atoms with Gasteiger partial charge in [-0.05, 0) is 33.8 Å². The van der Waals surface area contributed by atoms with Crippen LogP contribution in [0.25, 0.3) is 10.9 Å². The summed E-state index contributed by atoms with van der Waals surface area (Å²) in [6.07, 6.45) is 0. The number of aromatic nitrogens is 2. The molecule has 3 rings (SSSR count). The number of fused-ring (bicyclic) bond motifs is 1. The molecule has 1 aromatic heterocycles. The summed E-state index contributed by atoms with van der Waals surface area (Å²) in [5, 5.41) is 4.29. The topological polar surface area (TPSA) is 62.3 Å². The van der Waals surface area contributed by atoms with E-state index in [4.69, 9.17) is 26.6 Å². The van der Waals surface area contributed by atoms with Crippen molar-refractivity contribution in [3.63, 3.8) is 0 Å². The number of anilines is 1. The average molecular weight is 358 g/mol. The molecule has 1 aromatic carbocycles. The summed E-state index contributed by atoms with van der Waals surface area (Å²) < 4.78 is 40.6. The van der Waals surface area contributed by atoms with Crippen LogP contribution in [0.3, 0.4) is 0 Å². The number of benzene rings is 1. The zero-order valence-electron chi connectivity index (χ0n) is 14.2. The fourth-order valence-electron chi connectivity index (χ4n) is 2.71. The molecule has 0 atom stereocenters. The maximum atomic E-state index is 14.0. The molecular formula is C15H19BClF2N3O2. The monoisotopic (exact) mass is 357 g/mol. The minimum Gasteiger partial charge on any atom is -0.399 e. The maximum absolute atomic E-state index is 14.0. The van der Waals surface area contributed by atoms with E-state index in [1.54, 1.807) is 12.1 Å². The second kappa shape index (κ2) is 5.06. The Morgan fingerprint density at radius 3 is 2.25 bits per heavy atom. The van der Waals surface area contributed by atoms with Gasteiger partial charge in [0.15, 0.2) is 5.82 Å². The van der Waals surface area contributed by atoms with E-state index < -0.39 is 24.4 Å². The van der Waals surface area contributed by atoms with Crippen molar-refractivity contribution in [3.8, 4) is 0 Å². The lowest BCUT2D eigenvalue weighted by atomic mass is 9.77. The number of nitrogen functional groups attached to an aromatic ring is 1. The Morgan fingerprint density at radius 2 is 1.75 bits per heavy atom. The Labute approximate surface area is 144 Å². The molecule has 1 saturated heterocycles. The van der Waals surface area contributed by atoms with Crippen molar-refractivity contribution < 1.29 is 18.1 Å². The molecule has 0 unspecified atom stereocenters. The number of nitrogens with two attached hydrogens (primary N) is 1. The quantitative estimate of drug-likeness (QED) is 0.839. The van der Waals surface area contributed by atoms with Crippen LogP contribution in [-0.4, -0.2) is 28.1 Å². The van der Waals surface area contributed by atoms with E-state index in [0.717, 1.165) is 6.92 Å². The van der Waals surface area contributed by atoms with Crippen LogP contribution in [-0.2, 0) is 15.4 Å². The molecule has 1 aliphatic heterocycles. The van der Waals surface area contributed by atoms with E-state index in [0.29, 0.717) is 10.1 Å². The summed E-state index contributed by atoms with van der Waals surface area (Å²) in [5.41, 5.74) is 5.14. The van der Waals surface area contributed by atoms with Crippen LogP contribution in [0.2, 0.25) is 5.02 Å². The third kappa shape index (κ3) is 2.48. The second-order valence-electron chi connectivity index (χ2n) is 7.09. The van der Waals surface area contributed by atoms with Crippen LogP contribution in [0.1, 0.15) is 34.6 Å². The zero-order valence-corrected chi connectivity index (χ0v) is 14.9. The lowest BCUT2D eigenvalue weighted by molar-refractivity contribution is -0.0677. The summed E-state index contributed by atoms with van der Waals surface area (Å²) in [7, 11) is -0.827. The molecule has 1 aliphatic rings. The Balaban J connectivity index is 2.26. The molecule has 0 bridgehead atoms. The molecule has 9 heteroatoms. The van der Waals surface area contributed by atoms with Crippen LogP contribution < -0.4 is 11.2 Å². The second-order valence-corrected chi connectivity index (χ2v) is 7.49. The van der Waals surface area contributed by atoms with Gasteiger partial charge < -0.3 is 15.0 Å². The standard InChI is InChI=1S/C15H19BClF2N3O2/c1-13(2)14(3,4)24-16(23-13)8-6-7-9(17)10-11(8)22(15(5,18)19)21-12(10)20/h6-7H,1-5H3,(H2,20,21). The summed E-state index contributed by atoms with van der Waals surface area (Å²) in [4.78, 5) is 0. The highest BCUT2D eigenvalue weighted by Crippen LogP contribution is 2.38. The zero-order chi connectivity index (χ0) is 18.1. The van der Waals surface area contributed by atoms with Crippen molar-refractivity contribution in [3.05, 3.63) is 17.2 Å².